The predicted molar refractivity (Wildman–Crippen MR) is 100 cm³/mol. The number of nitrogens with zero attached hydrogens (tertiary/aromatic N) is 6. The van der Waals surface area contributed by atoms with Gasteiger partial charge in [-0.1, -0.05) is 0 Å². The Balaban J connectivity index is 1.42. The summed E-state index contributed by atoms with van der Waals surface area (Å²) in [5.41, 5.74) is 2.10. The fourth-order valence-corrected chi connectivity index (χ4v) is 3.87. The van der Waals surface area contributed by atoms with E-state index in [1.54, 1.807) is 0 Å². The number of imidazole rings is 1. The number of carbonyl (C=O) groups is 1. The number of amides is 1. The number of hydrogen-bond acceptors (Lipinski definition) is 5. The molecule has 2 aliphatic heterocycles. The van der Waals surface area contributed by atoms with Gasteiger partial charge in [-0.3, -0.25) is 14.4 Å². The van der Waals surface area contributed by atoms with Crippen LogP contribution in [-0.4, -0.2) is 67.9 Å². The summed E-state index contributed by atoms with van der Waals surface area (Å²) in [7, 11) is 0. The molecule has 4 heterocycles. The Bertz CT molecular complexity index is 792. The van der Waals surface area contributed by atoms with Gasteiger partial charge in [-0.25, -0.2) is 4.98 Å². The SMILES string of the molecule is CCn1cc(CN2CCn3cc(CC(=O)N4CCOCC4)nc3[C@H]2C)cn1. The van der Waals surface area contributed by atoms with Crippen LogP contribution in [0.3, 0.4) is 0 Å². The number of carbonyl (C=O) groups excluding carboxylic acids is 1. The van der Waals surface area contributed by atoms with E-state index in [1.165, 1.54) is 5.56 Å². The predicted octanol–water partition coefficient (Wildman–Crippen LogP) is 1.08. The number of ether oxygens (including phenoxy) is 1. The van der Waals surface area contributed by atoms with Crippen LogP contribution in [0.25, 0.3) is 0 Å². The first-order valence-corrected chi connectivity index (χ1v) is 9.81. The molecule has 1 saturated heterocycles. The second-order valence-electron chi connectivity index (χ2n) is 7.30. The van der Waals surface area contributed by atoms with Crippen molar-refractivity contribution in [3.8, 4) is 0 Å². The lowest BCUT2D eigenvalue weighted by atomic mass is 10.2. The molecule has 0 aromatic carbocycles. The number of fused-ring (bicyclic) bond motifs is 1. The van der Waals surface area contributed by atoms with E-state index < -0.39 is 0 Å². The van der Waals surface area contributed by atoms with Gasteiger partial charge < -0.3 is 14.2 Å². The highest BCUT2D eigenvalue weighted by atomic mass is 16.5. The van der Waals surface area contributed by atoms with E-state index in [0.717, 1.165) is 37.7 Å². The van der Waals surface area contributed by atoms with Crippen molar-refractivity contribution in [3.63, 3.8) is 0 Å². The molecule has 0 N–H and O–H groups in total. The average Bonchev–Trinajstić information content (AvgIpc) is 3.31. The van der Waals surface area contributed by atoms with Crippen LogP contribution in [0.5, 0.6) is 0 Å². The van der Waals surface area contributed by atoms with Crippen molar-refractivity contribution < 1.29 is 9.53 Å². The molecule has 27 heavy (non-hydrogen) atoms. The number of aromatic nitrogens is 4. The minimum Gasteiger partial charge on any atom is -0.378 e. The van der Waals surface area contributed by atoms with Crippen molar-refractivity contribution in [2.45, 2.75) is 45.9 Å². The summed E-state index contributed by atoms with van der Waals surface area (Å²) in [6, 6.07) is 0.218. The Kier molecular flexibility index (Phi) is 5.27. The molecule has 2 aromatic rings. The second-order valence-corrected chi connectivity index (χ2v) is 7.30. The molecule has 0 spiro atoms. The van der Waals surface area contributed by atoms with E-state index in [1.807, 2.05) is 15.8 Å². The summed E-state index contributed by atoms with van der Waals surface area (Å²) in [6.07, 6.45) is 6.48. The number of aryl methyl sites for hydroxylation is 1. The maximum absolute atomic E-state index is 12.5. The van der Waals surface area contributed by atoms with Crippen LogP contribution < -0.4 is 0 Å². The van der Waals surface area contributed by atoms with Crippen LogP contribution in [-0.2, 0) is 35.6 Å². The molecule has 8 heteroatoms. The zero-order valence-corrected chi connectivity index (χ0v) is 16.2. The van der Waals surface area contributed by atoms with Crippen molar-refractivity contribution >= 4 is 5.91 Å². The first kappa shape index (κ1) is 18.2. The molecule has 1 fully saturated rings. The molecule has 1 atom stereocenters. The summed E-state index contributed by atoms with van der Waals surface area (Å²) in [5, 5.41) is 4.37. The molecule has 0 radical (unpaired) electrons. The van der Waals surface area contributed by atoms with E-state index in [2.05, 4.69) is 40.8 Å². The highest BCUT2D eigenvalue weighted by Crippen LogP contribution is 2.26. The largest absolute Gasteiger partial charge is 0.378 e. The van der Waals surface area contributed by atoms with E-state index in [-0.39, 0.29) is 11.9 Å². The highest BCUT2D eigenvalue weighted by molar-refractivity contribution is 5.78. The summed E-state index contributed by atoms with van der Waals surface area (Å²) >= 11 is 0. The van der Waals surface area contributed by atoms with Crippen molar-refractivity contribution in [2.75, 3.05) is 32.8 Å². The van der Waals surface area contributed by atoms with E-state index >= 15 is 0 Å². The van der Waals surface area contributed by atoms with Gasteiger partial charge in [0.25, 0.3) is 0 Å². The Hall–Kier alpha value is -2.19. The average molecular weight is 372 g/mol. The lowest BCUT2D eigenvalue weighted by Crippen LogP contribution is -2.41. The number of rotatable bonds is 5. The molecule has 146 valence electrons. The minimum absolute atomic E-state index is 0.144. The molecule has 1 amide bonds. The fraction of sp³-hybridized carbons (Fsp3) is 0.632. The fourth-order valence-electron chi connectivity index (χ4n) is 3.87. The second kappa shape index (κ2) is 7.82. The van der Waals surface area contributed by atoms with Gasteiger partial charge in [0, 0.05) is 57.2 Å². The maximum Gasteiger partial charge on any atom is 0.228 e. The third-order valence-electron chi connectivity index (χ3n) is 5.50. The van der Waals surface area contributed by atoms with Gasteiger partial charge in [0.05, 0.1) is 37.6 Å². The van der Waals surface area contributed by atoms with Gasteiger partial charge >= 0.3 is 0 Å². The van der Waals surface area contributed by atoms with Crippen LogP contribution in [0.2, 0.25) is 0 Å². The molecule has 0 bridgehead atoms. The lowest BCUT2D eigenvalue weighted by molar-refractivity contribution is -0.134. The number of morpholine rings is 1. The summed E-state index contributed by atoms with van der Waals surface area (Å²) < 4.78 is 9.49. The van der Waals surface area contributed by atoms with Gasteiger partial charge in [-0.15, -0.1) is 0 Å². The zero-order chi connectivity index (χ0) is 18.8. The maximum atomic E-state index is 12.5. The molecule has 4 rings (SSSR count). The van der Waals surface area contributed by atoms with Crippen LogP contribution in [0.1, 0.15) is 37.0 Å². The van der Waals surface area contributed by atoms with E-state index in [9.17, 15) is 4.79 Å². The first-order chi connectivity index (χ1) is 13.1. The molecule has 2 aliphatic rings. The third-order valence-corrected chi connectivity index (χ3v) is 5.50. The van der Waals surface area contributed by atoms with Gasteiger partial charge in [-0.2, -0.15) is 5.10 Å². The molecule has 2 aromatic heterocycles. The van der Waals surface area contributed by atoms with Crippen LogP contribution in [0, 0.1) is 0 Å². The van der Waals surface area contributed by atoms with Crippen molar-refractivity contribution in [1.29, 1.82) is 0 Å². The molecule has 0 aliphatic carbocycles. The van der Waals surface area contributed by atoms with Gasteiger partial charge in [0.15, 0.2) is 0 Å². The highest BCUT2D eigenvalue weighted by Gasteiger charge is 2.27. The van der Waals surface area contributed by atoms with Crippen molar-refractivity contribution in [2.24, 2.45) is 0 Å². The smallest absolute Gasteiger partial charge is 0.228 e. The Morgan fingerprint density at radius 3 is 2.78 bits per heavy atom. The monoisotopic (exact) mass is 372 g/mol. The summed E-state index contributed by atoms with van der Waals surface area (Å²) in [5.74, 6) is 1.19. The first-order valence-electron chi connectivity index (χ1n) is 9.81. The van der Waals surface area contributed by atoms with Crippen molar-refractivity contribution in [3.05, 3.63) is 35.7 Å². The van der Waals surface area contributed by atoms with Gasteiger partial charge in [-0.05, 0) is 13.8 Å². The number of hydrogen-bond donors (Lipinski definition) is 0. The van der Waals surface area contributed by atoms with E-state index in [0.29, 0.717) is 32.7 Å². The topological polar surface area (TPSA) is 68.4 Å². The Labute approximate surface area is 159 Å². The van der Waals surface area contributed by atoms with Crippen LogP contribution in [0.15, 0.2) is 18.6 Å². The molecular formula is C19H28N6O2. The third kappa shape index (κ3) is 3.91. The minimum atomic E-state index is 0.144. The van der Waals surface area contributed by atoms with Gasteiger partial charge in [0.1, 0.15) is 5.82 Å². The van der Waals surface area contributed by atoms with Crippen LogP contribution in [0.4, 0.5) is 0 Å². The lowest BCUT2D eigenvalue weighted by Gasteiger charge is -2.33. The van der Waals surface area contributed by atoms with Crippen molar-refractivity contribution in [1.82, 2.24) is 29.1 Å². The summed E-state index contributed by atoms with van der Waals surface area (Å²) in [4.78, 5) is 21.6. The zero-order valence-electron chi connectivity index (χ0n) is 16.2. The Morgan fingerprint density at radius 2 is 2.04 bits per heavy atom. The Morgan fingerprint density at radius 1 is 1.22 bits per heavy atom. The molecule has 0 unspecified atom stereocenters. The quantitative estimate of drug-likeness (QED) is 0.786. The van der Waals surface area contributed by atoms with E-state index in [4.69, 9.17) is 9.72 Å². The molecular weight excluding hydrogens is 344 g/mol. The van der Waals surface area contributed by atoms with Gasteiger partial charge in [0.2, 0.25) is 5.91 Å². The summed E-state index contributed by atoms with van der Waals surface area (Å²) in [6.45, 7) is 10.5. The standard InChI is InChI=1S/C19H28N6O2/c1-3-25-13-16(11-20-25)12-23-4-5-24-14-17(21-19(24)15(23)2)10-18(26)22-6-8-27-9-7-22/h11,13-15H,3-10,12H2,1-2H3/t15-/m1/s1. The molecule has 0 saturated carbocycles. The van der Waals surface area contributed by atoms with Crippen LogP contribution >= 0.6 is 0 Å². The molecule has 8 nitrogen and oxygen atoms in total. The normalized spacial score (nSPS) is 20.7.